The van der Waals surface area contributed by atoms with E-state index in [1.165, 1.54) is 4.68 Å². The van der Waals surface area contributed by atoms with Crippen LogP contribution >= 0.6 is 0 Å². The Morgan fingerprint density at radius 2 is 1.96 bits per heavy atom. The lowest BCUT2D eigenvalue weighted by molar-refractivity contribution is -0.145. The second-order valence-electron chi connectivity index (χ2n) is 6.28. The van der Waals surface area contributed by atoms with Crippen LogP contribution in [0.4, 0.5) is 0 Å². The molecule has 1 aromatic rings. The Bertz CT molecular complexity index is 660. The molecule has 1 N–H and O–H groups in total. The number of rotatable bonds is 2. The van der Waals surface area contributed by atoms with E-state index in [-0.39, 0.29) is 18.2 Å². The maximum Gasteiger partial charge on any atom is 0.309 e. The number of likely N-dealkylation sites (tertiary alicyclic amines) is 2. The van der Waals surface area contributed by atoms with E-state index < -0.39 is 17.4 Å². The number of aromatic nitrogens is 2. The van der Waals surface area contributed by atoms with Crippen LogP contribution in [0.25, 0.3) is 0 Å². The molecule has 3 heterocycles. The van der Waals surface area contributed by atoms with Crippen molar-refractivity contribution < 1.29 is 19.5 Å². The average molecular weight is 320 g/mol. The van der Waals surface area contributed by atoms with E-state index in [1.54, 1.807) is 36.2 Å². The summed E-state index contributed by atoms with van der Waals surface area (Å²) in [4.78, 5) is 39.3. The smallest absolute Gasteiger partial charge is 0.309 e. The second-order valence-corrected chi connectivity index (χ2v) is 6.28. The number of aliphatic carboxylic acids is 1. The maximum atomic E-state index is 12.5. The highest BCUT2D eigenvalue weighted by Crippen LogP contribution is 2.42. The predicted octanol–water partition coefficient (Wildman–Crippen LogP) is -0.0422. The van der Waals surface area contributed by atoms with Crippen LogP contribution in [-0.4, -0.2) is 68.1 Å². The molecule has 1 aromatic heterocycles. The van der Waals surface area contributed by atoms with E-state index in [2.05, 4.69) is 5.10 Å². The van der Waals surface area contributed by atoms with Gasteiger partial charge in [0.2, 0.25) is 5.91 Å². The van der Waals surface area contributed by atoms with Gasteiger partial charge >= 0.3 is 5.97 Å². The fourth-order valence-corrected chi connectivity index (χ4v) is 3.83. The Morgan fingerprint density at radius 1 is 1.30 bits per heavy atom. The van der Waals surface area contributed by atoms with Gasteiger partial charge in [-0.05, 0) is 18.9 Å². The largest absolute Gasteiger partial charge is 0.481 e. The molecular weight excluding hydrogens is 300 g/mol. The Balaban J connectivity index is 1.77. The zero-order valence-electron chi connectivity index (χ0n) is 13.2. The lowest BCUT2D eigenvalue weighted by atomic mass is 9.77. The van der Waals surface area contributed by atoms with Crippen LogP contribution in [0.1, 0.15) is 29.8 Å². The molecule has 2 saturated heterocycles. The summed E-state index contributed by atoms with van der Waals surface area (Å²) in [6.07, 6.45) is 2.58. The first-order valence-electron chi connectivity index (χ1n) is 7.63. The van der Waals surface area contributed by atoms with Crippen LogP contribution in [0, 0.1) is 5.92 Å². The van der Waals surface area contributed by atoms with Crippen LogP contribution in [0.5, 0.6) is 0 Å². The van der Waals surface area contributed by atoms with Crippen molar-refractivity contribution in [3.05, 3.63) is 18.0 Å². The van der Waals surface area contributed by atoms with Crippen molar-refractivity contribution in [1.82, 2.24) is 19.6 Å². The van der Waals surface area contributed by atoms with E-state index in [4.69, 9.17) is 0 Å². The van der Waals surface area contributed by atoms with Gasteiger partial charge < -0.3 is 14.9 Å². The Morgan fingerprint density at radius 3 is 2.48 bits per heavy atom. The fourth-order valence-electron chi connectivity index (χ4n) is 3.83. The molecule has 2 amide bonds. The van der Waals surface area contributed by atoms with Gasteiger partial charge in [0.15, 0.2) is 0 Å². The molecule has 8 nitrogen and oxygen atoms in total. The van der Waals surface area contributed by atoms with Gasteiger partial charge in [0, 0.05) is 39.8 Å². The molecule has 1 atom stereocenters. The van der Waals surface area contributed by atoms with Crippen molar-refractivity contribution in [2.45, 2.75) is 24.8 Å². The third-order valence-corrected chi connectivity index (χ3v) is 5.32. The van der Waals surface area contributed by atoms with Crippen molar-refractivity contribution in [2.24, 2.45) is 13.0 Å². The molecule has 0 bridgehead atoms. The summed E-state index contributed by atoms with van der Waals surface area (Å²) in [6.45, 7) is 0.872. The maximum absolute atomic E-state index is 12.5. The number of piperidine rings is 1. The Kier molecular flexibility index (Phi) is 3.62. The molecule has 0 aliphatic carbocycles. The van der Waals surface area contributed by atoms with Crippen molar-refractivity contribution >= 4 is 17.8 Å². The molecule has 2 aliphatic rings. The summed E-state index contributed by atoms with van der Waals surface area (Å²) in [7, 11) is 3.38. The highest BCUT2D eigenvalue weighted by Gasteiger charge is 2.55. The van der Waals surface area contributed by atoms with Gasteiger partial charge in [-0.15, -0.1) is 0 Å². The number of carbonyl (C=O) groups excluding carboxylic acids is 2. The molecule has 3 rings (SSSR count). The summed E-state index contributed by atoms with van der Waals surface area (Å²) in [6, 6.07) is 1.66. The topological polar surface area (TPSA) is 95.7 Å². The zero-order chi connectivity index (χ0) is 16.8. The van der Waals surface area contributed by atoms with Crippen LogP contribution in [-0.2, 0) is 16.6 Å². The standard InChI is InChI=1S/C15H20N4O4/c1-17-12(20)9-10(14(22)23)15(17)4-7-19(8-5-15)13(21)11-3-6-16-18(11)2/h3,6,10H,4-5,7-9H2,1-2H3,(H,22,23). The molecule has 0 saturated carbocycles. The molecule has 2 aliphatic heterocycles. The summed E-state index contributed by atoms with van der Waals surface area (Å²) < 4.78 is 1.53. The molecular formula is C15H20N4O4. The van der Waals surface area contributed by atoms with Crippen molar-refractivity contribution in [3.8, 4) is 0 Å². The first kappa shape index (κ1) is 15.5. The predicted molar refractivity (Wildman–Crippen MR) is 79.6 cm³/mol. The van der Waals surface area contributed by atoms with Crippen LogP contribution in [0.2, 0.25) is 0 Å². The summed E-state index contributed by atoms with van der Waals surface area (Å²) in [5, 5.41) is 13.5. The summed E-state index contributed by atoms with van der Waals surface area (Å²) in [5.74, 6) is -1.88. The quantitative estimate of drug-likeness (QED) is 0.825. The van der Waals surface area contributed by atoms with E-state index in [1.807, 2.05) is 0 Å². The molecule has 8 heteroatoms. The molecule has 23 heavy (non-hydrogen) atoms. The number of carbonyl (C=O) groups is 3. The van der Waals surface area contributed by atoms with Gasteiger partial charge in [-0.1, -0.05) is 0 Å². The van der Waals surface area contributed by atoms with E-state index in [0.29, 0.717) is 31.6 Å². The van der Waals surface area contributed by atoms with E-state index >= 15 is 0 Å². The van der Waals surface area contributed by atoms with Gasteiger partial charge in [0.1, 0.15) is 5.69 Å². The minimum atomic E-state index is -0.936. The molecule has 1 unspecified atom stereocenters. The minimum absolute atomic E-state index is 0.0432. The highest BCUT2D eigenvalue weighted by atomic mass is 16.4. The van der Waals surface area contributed by atoms with Gasteiger partial charge in [0.05, 0.1) is 11.5 Å². The third kappa shape index (κ3) is 2.29. The number of hydrogen-bond acceptors (Lipinski definition) is 4. The lowest BCUT2D eigenvalue weighted by Crippen LogP contribution is -2.57. The number of hydrogen-bond donors (Lipinski definition) is 1. The van der Waals surface area contributed by atoms with Crippen LogP contribution < -0.4 is 0 Å². The number of carboxylic acid groups (broad SMARTS) is 1. The lowest BCUT2D eigenvalue weighted by Gasteiger charge is -2.45. The number of nitrogens with zero attached hydrogens (tertiary/aromatic N) is 4. The molecule has 0 radical (unpaired) electrons. The molecule has 1 spiro atoms. The zero-order valence-corrected chi connectivity index (χ0v) is 13.2. The number of amides is 2. The first-order valence-corrected chi connectivity index (χ1v) is 7.63. The fraction of sp³-hybridized carbons (Fsp3) is 0.600. The minimum Gasteiger partial charge on any atom is -0.481 e. The van der Waals surface area contributed by atoms with E-state index in [0.717, 1.165) is 0 Å². The van der Waals surface area contributed by atoms with Gasteiger partial charge in [-0.3, -0.25) is 19.1 Å². The Labute approximate surface area is 133 Å². The van der Waals surface area contributed by atoms with E-state index in [9.17, 15) is 19.5 Å². The second kappa shape index (κ2) is 5.36. The number of carboxylic acids is 1. The Hall–Kier alpha value is -2.38. The monoisotopic (exact) mass is 320 g/mol. The SMILES string of the molecule is CN1C(=O)CC(C(=O)O)C12CCN(C(=O)c1ccnn1C)CC2. The molecule has 2 fully saturated rings. The van der Waals surface area contributed by atoms with Crippen LogP contribution in [0.15, 0.2) is 12.3 Å². The molecule has 0 aromatic carbocycles. The normalized spacial score (nSPS) is 23.6. The summed E-state index contributed by atoms with van der Waals surface area (Å²) >= 11 is 0. The van der Waals surface area contributed by atoms with Gasteiger partial charge in [-0.2, -0.15) is 5.10 Å². The molecule has 124 valence electrons. The van der Waals surface area contributed by atoms with Gasteiger partial charge in [-0.25, -0.2) is 0 Å². The van der Waals surface area contributed by atoms with Gasteiger partial charge in [0.25, 0.3) is 5.91 Å². The van der Waals surface area contributed by atoms with Crippen molar-refractivity contribution in [2.75, 3.05) is 20.1 Å². The highest BCUT2D eigenvalue weighted by molar-refractivity contribution is 5.93. The third-order valence-electron chi connectivity index (χ3n) is 5.32. The first-order chi connectivity index (χ1) is 10.9. The van der Waals surface area contributed by atoms with Crippen LogP contribution in [0.3, 0.4) is 0 Å². The number of aryl methyl sites for hydroxylation is 1. The average Bonchev–Trinajstić information content (AvgIpc) is 3.05. The van der Waals surface area contributed by atoms with Crippen molar-refractivity contribution in [3.63, 3.8) is 0 Å². The summed E-state index contributed by atoms with van der Waals surface area (Å²) in [5.41, 5.74) is -0.168. The van der Waals surface area contributed by atoms with Crippen molar-refractivity contribution in [1.29, 1.82) is 0 Å².